The van der Waals surface area contributed by atoms with E-state index in [-0.39, 0.29) is 31.6 Å². The summed E-state index contributed by atoms with van der Waals surface area (Å²) in [5, 5.41) is 11.8. The number of carbonyl (C=O) groups is 1. The van der Waals surface area contributed by atoms with Crippen molar-refractivity contribution in [3.05, 3.63) is 35.1 Å². The molecule has 4 nitrogen and oxygen atoms in total. The van der Waals surface area contributed by atoms with Crippen LogP contribution < -0.4 is 5.32 Å². The molecule has 0 spiro atoms. The number of ether oxygens (including phenoxy) is 1. The predicted octanol–water partition coefficient (Wildman–Crippen LogP) is 2.14. The van der Waals surface area contributed by atoms with Crippen molar-refractivity contribution in [2.75, 3.05) is 7.11 Å². The van der Waals surface area contributed by atoms with Gasteiger partial charge in [-0.2, -0.15) is 8.78 Å². The van der Waals surface area contributed by atoms with Crippen molar-refractivity contribution in [2.24, 2.45) is 0 Å². The molecule has 0 heterocycles. The molecule has 0 unspecified atom stereocenters. The second-order valence-electron chi connectivity index (χ2n) is 5.50. The average Bonchev–Trinajstić information content (AvgIpc) is 2.45. The number of amides is 1. The largest absolute Gasteiger partial charge is 0.383 e. The van der Waals surface area contributed by atoms with Gasteiger partial charge >= 0.3 is 5.92 Å². The lowest BCUT2D eigenvalue weighted by atomic mass is 9.75. The summed E-state index contributed by atoms with van der Waals surface area (Å²) in [5.41, 5.74) is -1.50. The summed E-state index contributed by atoms with van der Waals surface area (Å²) < 4.78 is 46.0. The van der Waals surface area contributed by atoms with Gasteiger partial charge in [0.1, 0.15) is 11.4 Å². The van der Waals surface area contributed by atoms with E-state index in [4.69, 9.17) is 4.74 Å². The molecule has 0 radical (unpaired) electrons. The van der Waals surface area contributed by atoms with Crippen molar-refractivity contribution in [1.29, 1.82) is 0 Å². The maximum atomic E-state index is 13.9. The fourth-order valence-electron chi connectivity index (χ4n) is 2.33. The zero-order valence-corrected chi connectivity index (χ0v) is 12.2. The summed E-state index contributed by atoms with van der Waals surface area (Å²) >= 11 is 0. The van der Waals surface area contributed by atoms with Gasteiger partial charge in [-0.25, -0.2) is 4.39 Å². The standard InChI is InChI=1S/C15H18F3NO3/c1-22-9-11-7-10(3-4-12(11)16)8-19-13(20)15(17,18)14(21)5-2-6-14/h3-4,7,21H,2,5-6,8-9H2,1H3,(H,19,20). The minimum absolute atomic E-state index is 0.0452. The summed E-state index contributed by atoms with van der Waals surface area (Å²) in [5.74, 6) is -5.82. The molecule has 0 aliphatic heterocycles. The average molecular weight is 317 g/mol. The predicted molar refractivity (Wildman–Crippen MR) is 72.7 cm³/mol. The van der Waals surface area contributed by atoms with Crippen LogP contribution in [-0.4, -0.2) is 29.6 Å². The van der Waals surface area contributed by atoms with Crippen LogP contribution in [0.1, 0.15) is 30.4 Å². The number of hydrogen-bond donors (Lipinski definition) is 2. The molecule has 1 fully saturated rings. The van der Waals surface area contributed by atoms with E-state index in [9.17, 15) is 23.1 Å². The van der Waals surface area contributed by atoms with Crippen LogP contribution in [0.15, 0.2) is 18.2 Å². The molecular formula is C15H18F3NO3. The van der Waals surface area contributed by atoms with Crippen LogP contribution in [0.5, 0.6) is 0 Å². The number of aliphatic hydroxyl groups is 1. The first-order valence-electron chi connectivity index (χ1n) is 6.95. The summed E-state index contributed by atoms with van der Waals surface area (Å²) in [7, 11) is 1.41. The SMILES string of the molecule is COCc1cc(CNC(=O)C(F)(F)C2(O)CCC2)ccc1F. The first kappa shape index (κ1) is 16.8. The van der Waals surface area contributed by atoms with Crippen LogP contribution >= 0.6 is 0 Å². The molecule has 1 saturated carbocycles. The molecule has 0 bridgehead atoms. The normalized spacial score (nSPS) is 17.0. The van der Waals surface area contributed by atoms with E-state index in [1.54, 1.807) is 0 Å². The number of methoxy groups -OCH3 is 1. The molecular weight excluding hydrogens is 299 g/mol. The van der Waals surface area contributed by atoms with E-state index in [1.807, 2.05) is 0 Å². The van der Waals surface area contributed by atoms with Gasteiger partial charge in [-0.15, -0.1) is 0 Å². The van der Waals surface area contributed by atoms with Gasteiger partial charge in [0.25, 0.3) is 5.91 Å². The molecule has 1 aromatic rings. The summed E-state index contributed by atoms with van der Waals surface area (Å²) in [6.45, 7) is -0.134. The number of benzene rings is 1. The van der Waals surface area contributed by atoms with Crippen molar-refractivity contribution in [2.45, 2.75) is 43.9 Å². The number of hydrogen-bond acceptors (Lipinski definition) is 3. The third kappa shape index (κ3) is 3.10. The fourth-order valence-corrected chi connectivity index (χ4v) is 2.33. The van der Waals surface area contributed by atoms with Gasteiger partial charge in [-0.05, 0) is 37.0 Å². The Balaban J connectivity index is 2.00. The molecule has 0 atom stereocenters. The van der Waals surface area contributed by atoms with Gasteiger partial charge in [-0.1, -0.05) is 6.07 Å². The molecule has 2 rings (SSSR count). The minimum Gasteiger partial charge on any atom is -0.383 e. The lowest BCUT2D eigenvalue weighted by Crippen LogP contribution is -2.60. The highest BCUT2D eigenvalue weighted by atomic mass is 19.3. The third-order valence-corrected chi connectivity index (χ3v) is 3.91. The quantitative estimate of drug-likeness (QED) is 0.845. The van der Waals surface area contributed by atoms with Crippen molar-refractivity contribution in [3.8, 4) is 0 Å². The van der Waals surface area contributed by atoms with Crippen LogP contribution in [0.3, 0.4) is 0 Å². The van der Waals surface area contributed by atoms with Gasteiger partial charge < -0.3 is 15.2 Å². The van der Waals surface area contributed by atoms with Gasteiger partial charge in [0.2, 0.25) is 0 Å². The molecule has 1 aliphatic rings. The van der Waals surface area contributed by atoms with Crippen molar-refractivity contribution in [3.63, 3.8) is 0 Å². The zero-order valence-electron chi connectivity index (χ0n) is 12.2. The number of alkyl halides is 2. The van der Waals surface area contributed by atoms with Gasteiger partial charge in [0, 0.05) is 19.2 Å². The van der Waals surface area contributed by atoms with Gasteiger partial charge in [0.05, 0.1) is 6.61 Å². The summed E-state index contributed by atoms with van der Waals surface area (Å²) in [6.07, 6.45) is 0.279. The Kier molecular flexibility index (Phi) is 4.77. The Morgan fingerprint density at radius 1 is 1.45 bits per heavy atom. The van der Waals surface area contributed by atoms with Crippen LogP contribution in [-0.2, 0) is 22.7 Å². The van der Waals surface area contributed by atoms with Crippen molar-refractivity contribution >= 4 is 5.91 Å². The second kappa shape index (κ2) is 6.26. The van der Waals surface area contributed by atoms with Gasteiger partial charge in [0.15, 0.2) is 0 Å². The molecule has 0 saturated heterocycles. The zero-order chi connectivity index (χ0) is 16.4. The number of rotatable bonds is 6. The Labute approximate surface area is 126 Å². The lowest BCUT2D eigenvalue weighted by molar-refractivity contribution is -0.216. The van der Waals surface area contributed by atoms with E-state index in [1.165, 1.54) is 25.3 Å². The van der Waals surface area contributed by atoms with Crippen LogP contribution in [0, 0.1) is 5.82 Å². The topological polar surface area (TPSA) is 58.6 Å². The molecule has 1 aliphatic carbocycles. The second-order valence-corrected chi connectivity index (χ2v) is 5.50. The first-order chi connectivity index (χ1) is 10.3. The molecule has 22 heavy (non-hydrogen) atoms. The molecule has 1 aromatic carbocycles. The maximum Gasteiger partial charge on any atom is 0.352 e. The van der Waals surface area contributed by atoms with Crippen LogP contribution in [0.2, 0.25) is 0 Å². The van der Waals surface area contributed by atoms with E-state index >= 15 is 0 Å². The Morgan fingerprint density at radius 3 is 2.68 bits per heavy atom. The number of nitrogens with one attached hydrogen (secondary N) is 1. The van der Waals surface area contributed by atoms with E-state index in [2.05, 4.69) is 5.32 Å². The van der Waals surface area contributed by atoms with E-state index in [0.29, 0.717) is 12.0 Å². The summed E-state index contributed by atoms with van der Waals surface area (Å²) in [4.78, 5) is 11.6. The smallest absolute Gasteiger partial charge is 0.352 e. The van der Waals surface area contributed by atoms with Gasteiger partial charge in [-0.3, -0.25) is 4.79 Å². The summed E-state index contributed by atoms with van der Waals surface area (Å²) in [6, 6.07) is 4.02. The molecule has 7 heteroatoms. The molecule has 122 valence electrons. The van der Waals surface area contributed by atoms with Crippen molar-refractivity contribution < 1.29 is 27.8 Å². The fraction of sp³-hybridized carbons (Fsp3) is 0.533. The lowest BCUT2D eigenvalue weighted by Gasteiger charge is -2.41. The Morgan fingerprint density at radius 2 is 2.14 bits per heavy atom. The van der Waals surface area contributed by atoms with E-state index < -0.39 is 23.2 Å². The highest BCUT2D eigenvalue weighted by molar-refractivity contribution is 5.85. The number of halogens is 3. The Bertz CT molecular complexity index is 559. The Hall–Kier alpha value is -1.60. The van der Waals surface area contributed by atoms with Crippen LogP contribution in [0.25, 0.3) is 0 Å². The molecule has 1 amide bonds. The molecule has 0 aromatic heterocycles. The minimum atomic E-state index is -3.83. The van der Waals surface area contributed by atoms with Crippen molar-refractivity contribution in [1.82, 2.24) is 5.32 Å². The number of carbonyl (C=O) groups excluding carboxylic acids is 1. The monoisotopic (exact) mass is 317 g/mol. The highest BCUT2D eigenvalue weighted by Gasteiger charge is 2.61. The van der Waals surface area contributed by atoms with E-state index in [0.717, 1.165) is 0 Å². The highest BCUT2D eigenvalue weighted by Crippen LogP contribution is 2.44. The van der Waals surface area contributed by atoms with Crippen LogP contribution in [0.4, 0.5) is 13.2 Å². The first-order valence-corrected chi connectivity index (χ1v) is 6.95. The maximum absolute atomic E-state index is 13.9. The third-order valence-electron chi connectivity index (χ3n) is 3.91. The molecule has 2 N–H and O–H groups in total.